The van der Waals surface area contributed by atoms with E-state index in [4.69, 9.17) is 23.2 Å². The van der Waals surface area contributed by atoms with Crippen LogP contribution in [0.25, 0.3) is 0 Å². The Morgan fingerprint density at radius 3 is 2.30 bits per heavy atom. The normalized spacial score (nSPS) is 13.8. The molecule has 3 N–H and O–H groups in total. The second kappa shape index (κ2) is 18.2. The molecule has 1 saturated heterocycles. The molecule has 0 aromatic heterocycles. The number of carbonyl (C=O) groups is 4. The number of likely N-dealkylation sites (tertiary alicyclic amines) is 1. The van der Waals surface area contributed by atoms with Crippen LogP contribution in [0, 0.1) is 12.8 Å². The molecule has 4 amide bonds. The van der Waals surface area contributed by atoms with Crippen LogP contribution < -0.4 is 10.6 Å². The van der Waals surface area contributed by atoms with Crippen LogP contribution in [0.5, 0.6) is 0 Å². The Balaban J connectivity index is 1.69. The average Bonchev–Trinajstić information content (AvgIpc) is 3.04. The molecule has 0 unspecified atom stereocenters. The highest BCUT2D eigenvalue weighted by atomic mass is 35.5. The summed E-state index contributed by atoms with van der Waals surface area (Å²) in [5, 5.41) is 14.9. The van der Waals surface area contributed by atoms with Crippen molar-refractivity contribution in [3.63, 3.8) is 0 Å². The van der Waals surface area contributed by atoms with Crippen molar-refractivity contribution < 1.29 is 32.7 Å². The number of hydrogen-bond donors (Lipinski definition) is 3. The van der Waals surface area contributed by atoms with Crippen LogP contribution in [-0.4, -0.2) is 104 Å². The van der Waals surface area contributed by atoms with Gasteiger partial charge in [-0.3, -0.25) is 14.4 Å². The standard InChI is InChI=1S/C32H43Cl2N5O7S/c1-23-27(33)10-11-28(31(23)34)47(45,46)39(19-14-25-8-4-3-5-9-25)22-29(41)36-20-30(42)38(16-7-6-15-35-24(2)40)21-26-12-17-37(18-13-26)32(43)44/h3-5,8-11,26H,6-7,12-22H2,1-2H3,(H,35,40)(H,36,41)(H,43,44). The van der Waals surface area contributed by atoms with Crippen molar-refractivity contribution in [3.05, 3.63) is 63.6 Å². The Kier molecular flexibility index (Phi) is 14.8. The molecular formula is C32H43Cl2N5O7S. The minimum atomic E-state index is -4.23. The second-order valence-electron chi connectivity index (χ2n) is 11.6. The van der Waals surface area contributed by atoms with Crippen molar-refractivity contribution in [2.45, 2.75) is 50.8 Å². The Hall–Kier alpha value is -3.39. The van der Waals surface area contributed by atoms with Crippen molar-refractivity contribution >= 4 is 57.0 Å². The van der Waals surface area contributed by atoms with E-state index in [9.17, 15) is 32.7 Å². The molecule has 1 aliphatic heterocycles. The lowest BCUT2D eigenvalue weighted by molar-refractivity contribution is -0.133. The zero-order valence-corrected chi connectivity index (χ0v) is 29.0. The number of piperidine rings is 1. The van der Waals surface area contributed by atoms with Gasteiger partial charge in [0.15, 0.2) is 0 Å². The number of sulfonamides is 1. The largest absolute Gasteiger partial charge is 0.465 e. The molecule has 0 atom stereocenters. The third-order valence-corrected chi connectivity index (χ3v) is 11.0. The number of amides is 4. The number of carboxylic acid groups (broad SMARTS) is 1. The van der Waals surface area contributed by atoms with Crippen LogP contribution in [0.1, 0.15) is 43.7 Å². The number of nitrogens with one attached hydrogen (secondary N) is 2. The van der Waals surface area contributed by atoms with Gasteiger partial charge in [-0.05, 0) is 68.2 Å². The van der Waals surface area contributed by atoms with E-state index in [0.29, 0.717) is 75.4 Å². The highest BCUT2D eigenvalue weighted by Gasteiger charge is 2.30. The maximum atomic E-state index is 13.8. The number of hydrogen-bond acceptors (Lipinski definition) is 6. The summed E-state index contributed by atoms with van der Waals surface area (Å²) >= 11 is 12.5. The van der Waals surface area contributed by atoms with E-state index in [2.05, 4.69) is 10.6 Å². The zero-order valence-electron chi connectivity index (χ0n) is 26.7. The molecule has 2 aromatic rings. The zero-order chi connectivity index (χ0) is 34.6. The number of rotatable bonds is 16. The van der Waals surface area contributed by atoms with Crippen molar-refractivity contribution in [3.8, 4) is 0 Å². The van der Waals surface area contributed by atoms with Crippen LogP contribution in [0.2, 0.25) is 10.0 Å². The molecule has 0 aliphatic carbocycles. The molecule has 1 fully saturated rings. The van der Waals surface area contributed by atoms with Crippen molar-refractivity contribution in [1.29, 1.82) is 0 Å². The molecule has 0 spiro atoms. The van der Waals surface area contributed by atoms with Crippen LogP contribution >= 0.6 is 23.2 Å². The van der Waals surface area contributed by atoms with Gasteiger partial charge in [-0.2, -0.15) is 4.31 Å². The van der Waals surface area contributed by atoms with Gasteiger partial charge in [0.1, 0.15) is 4.90 Å². The first-order valence-corrected chi connectivity index (χ1v) is 17.7. The topological polar surface area (TPSA) is 156 Å². The summed E-state index contributed by atoms with van der Waals surface area (Å²) in [6.45, 7) is 4.16. The Morgan fingerprint density at radius 2 is 1.66 bits per heavy atom. The Bertz CT molecular complexity index is 1500. The third kappa shape index (κ3) is 11.7. The van der Waals surface area contributed by atoms with Crippen LogP contribution in [-0.2, 0) is 30.8 Å². The van der Waals surface area contributed by atoms with Crippen molar-refractivity contribution in [2.75, 3.05) is 52.4 Å². The lowest BCUT2D eigenvalue weighted by Crippen LogP contribution is -2.47. The molecule has 258 valence electrons. The van der Waals surface area contributed by atoms with E-state index in [-0.39, 0.29) is 40.7 Å². The first-order chi connectivity index (χ1) is 22.3. The lowest BCUT2D eigenvalue weighted by atomic mass is 9.96. The maximum absolute atomic E-state index is 13.8. The summed E-state index contributed by atoms with van der Waals surface area (Å²) < 4.78 is 28.6. The first-order valence-electron chi connectivity index (χ1n) is 15.5. The molecule has 0 saturated carbocycles. The van der Waals surface area contributed by atoms with Crippen LogP contribution in [0.3, 0.4) is 0 Å². The van der Waals surface area contributed by atoms with Gasteiger partial charge in [0.2, 0.25) is 27.7 Å². The number of nitrogens with zero attached hydrogens (tertiary/aromatic N) is 3. The minimum absolute atomic E-state index is 0.0127. The molecular weight excluding hydrogens is 669 g/mol. The summed E-state index contributed by atoms with van der Waals surface area (Å²) in [5.74, 6) is -1.04. The predicted octanol–water partition coefficient (Wildman–Crippen LogP) is 3.79. The molecule has 12 nitrogen and oxygen atoms in total. The molecule has 3 rings (SSSR count). The second-order valence-corrected chi connectivity index (χ2v) is 14.3. The van der Waals surface area contributed by atoms with Crippen LogP contribution in [0.4, 0.5) is 4.79 Å². The summed E-state index contributed by atoms with van der Waals surface area (Å²) in [4.78, 5) is 51.9. The van der Waals surface area contributed by atoms with E-state index < -0.39 is 28.6 Å². The number of benzene rings is 2. The van der Waals surface area contributed by atoms with Gasteiger partial charge in [0.25, 0.3) is 0 Å². The molecule has 1 aliphatic rings. The SMILES string of the molecule is CC(=O)NCCCCN(CC1CCN(C(=O)O)CC1)C(=O)CNC(=O)CN(CCc1ccccc1)S(=O)(=O)c1ccc(Cl)c(C)c1Cl. The fourth-order valence-corrected chi connectivity index (χ4v) is 7.47. The van der Waals surface area contributed by atoms with Crippen molar-refractivity contribution in [1.82, 2.24) is 24.7 Å². The van der Waals surface area contributed by atoms with Gasteiger partial charge in [0.05, 0.1) is 18.1 Å². The van der Waals surface area contributed by atoms with E-state index >= 15 is 0 Å². The van der Waals surface area contributed by atoms with E-state index in [1.165, 1.54) is 24.0 Å². The van der Waals surface area contributed by atoms with Gasteiger partial charge >= 0.3 is 6.09 Å². The highest BCUT2D eigenvalue weighted by Crippen LogP contribution is 2.32. The van der Waals surface area contributed by atoms with E-state index in [1.54, 1.807) is 11.8 Å². The first kappa shape index (κ1) is 38.1. The van der Waals surface area contributed by atoms with Crippen molar-refractivity contribution in [2.24, 2.45) is 5.92 Å². The molecule has 15 heteroatoms. The van der Waals surface area contributed by atoms with Gasteiger partial charge in [-0.15, -0.1) is 0 Å². The van der Waals surface area contributed by atoms with Gasteiger partial charge < -0.3 is 25.5 Å². The Morgan fingerprint density at radius 1 is 0.979 bits per heavy atom. The molecule has 0 radical (unpaired) electrons. The number of carbonyl (C=O) groups excluding carboxylic acids is 3. The Labute approximate surface area is 286 Å². The lowest BCUT2D eigenvalue weighted by Gasteiger charge is -2.34. The molecule has 0 bridgehead atoms. The minimum Gasteiger partial charge on any atom is -0.465 e. The summed E-state index contributed by atoms with van der Waals surface area (Å²) in [6.07, 6.45) is 1.84. The number of halogens is 2. The summed E-state index contributed by atoms with van der Waals surface area (Å²) in [5.41, 5.74) is 1.28. The van der Waals surface area contributed by atoms with Gasteiger partial charge in [-0.1, -0.05) is 53.5 Å². The third-order valence-electron chi connectivity index (χ3n) is 8.10. The fourth-order valence-electron chi connectivity index (χ4n) is 5.29. The summed E-state index contributed by atoms with van der Waals surface area (Å²) in [7, 11) is -4.23. The molecule has 47 heavy (non-hydrogen) atoms. The predicted molar refractivity (Wildman–Crippen MR) is 180 cm³/mol. The number of unbranched alkanes of at least 4 members (excludes halogenated alkanes) is 1. The van der Waals surface area contributed by atoms with Crippen LogP contribution in [0.15, 0.2) is 47.4 Å². The van der Waals surface area contributed by atoms with E-state index in [1.807, 2.05) is 30.3 Å². The average molecular weight is 713 g/mol. The molecule has 1 heterocycles. The fraction of sp³-hybridized carbons (Fsp3) is 0.500. The molecule has 2 aromatic carbocycles. The monoisotopic (exact) mass is 711 g/mol. The van der Waals surface area contributed by atoms with Gasteiger partial charge in [-0.25, -0.2) is 13.2 Å². The smallest absolute Gasteiger partial charge is 0.407 e. The maximum Gasteiger partial charge on any atom is 0.407 e. The quantitative estimate of drug-likeness (QED) is 0.224. The summed E-state index contributed by atoms with van der Waals surface area (Å²) in [6, 6.07) is 12.0. The van der Waals surface area contributed by atoms with Gasteiger partial charge in [0, 0.05) is 51.2 Å². The highest BCUT2D eigenvalue weighted by molar-refractivity contribution is 7.89. The van der Waals surface area contributed by atoms with E-state index in [0.717, 1.165) is 9.87 Å².